The molecule has 0 aromatic heterocycles. The summed E-state index contributed by atoms with van der Waals surface area (Å²) in [5.41, 5.74) is 0. The zero-order chi connectivity index (χ0) is 12.8. The summed E-state index contributed by atoms with van der Waals surface area (Å²) < 4.78 is 0. The van der Waals surface area contributed by atoms with Crippen LogP contribution in [0, 0.1) is 17.2 Å². The maximum atomic E-state index is 9.84. The highest BCUT2D eigenvalue weighted by Crippen LogP contribution is 2.10. The van der Waals surface area contributed by atoms with E-state index in [-0.39, 0.29) is 12.1 Å². The van der Waals surface area contributed by atoms with Gasteiger partial charge in [0.05, 0.1) is 18.2 Å². The van der Waals surface area contributed by atoms with Crippen LogP contribution in [0.4, 0.5) is 0 Å². The van der Waals surface area contributed by atoms with E-state index < -0.39 is 0 Å². The van der Waals surface area contributed by atoms with E-state index in [0.717, 1.165) is 39.1 Å². The van der Waals surface area contributed by atoms with E-state index >= 15 is 0 Å². The van der Waals surface area contributed by atoms with Gasteiger partial charge in [0.1, 0.15) is 0 Å². The van der Waals surface area contributed by atoms with Gasteiger partial charge in [-0.05, 0) is 12.3 Å². The van der Waals surface area contributed by atoms with Crippen LogP contribution < -0.4 is 0 Å². The predicted octanol–water partition coefficient (Wildman–Crippen LogP) is 0.923. The van der Waals surface area contributed by atoms with E-state index in [4.69, 9.17) is 5.26 Å². The quantitative estimate of drug-likeness (QED) is 0.775. The summed E-state index contributed by atoms with van der Waals surface area (Å²) in [5.74, 6) is 0.315. The minimum Gasteiger partial charge on any atom is -0.392 e. The minimum absolute atomic E-state index is 0.0622. The fourth-order valence-corrected chi connectivity index (χ4v) is 2.16. The van der Waals surface area contributed by atoms with Crippen molar-refractivity contribution in [2.45, 2.75) is 39.3 Å². The Labute approximate surface area is 105 Å². The van der Waals surface area contributed by atoms with Gasteiger partial charge in [-0.15, -0.1) is 0 Å². The van der Waals surface area contributed by atoms with E-state index in [2.05, 4.69) is 22.8 Å². The molecule has 1 heterocycles. The number of nitrogens with zero attached hydrogens (tertiary/aromatic N) is 3. The molecule has 4 nitrogen and oxygen atoms in total. The third-order valence-corrected chi connectivity index (χ3v) is 3.60. The van der Waals surface area contributed by atoms with Crippen molar-refractivity contribution in [3.63, 3.8) is 0 Å². The molecule has 0 radical (unpaired) electrons. The Bertz CT molecular complexity index is 254. The van der Waals surface area contributed by atoms with Gasteiger partial charge in [0.25, 0.3) is 0 Å². The average Bonchev–Trinajstić information content (AvgIpc) is 2.32. The minimum atomic E-state index is -0.237. The van der Waals surface area contributed by atoms with Crippen LogP contribution in [0.25, 0.3) is 0 Å². The molecule has 1 fully saturated rings. The van der Waals surface area contributed by atoms with Gasteiger partial charge in [-0.25, -0.2) is 0 Å². The first-order chi connectivity index (χ1) is 8.08. The van der Waals surface area contributed by atoms with Crippen molar-refractivity contribution in [2.75, 3.05) is 32.7 Å². The molecule has 1 saturated heterocycles. The summed E-state index contributed by atoms with van der Waals surface area (Å²) in [7, 11) is 0. The second-order valence-electron chi connectivity index (χ2n) is 5.20. The van der Waals surface area contributed by atoms with Gasteiger partial charge in [-0.2, -0.15) is 5.26 Å². The molecule has 98 valence electrons. The maximum absolute atomic E-state index is 9.84. The summed E-state index contributed by atoms with van der Waals surface area (Å²) in [4.78, 5) is 4.55. The Kier molecular flexibility index (Phi) is 5.90. The number of β-amino-alcohol motifs (C(OH)–C–C–N with tert-alkyl or cyclic N) is 1. The van der Waals surface area contributed by atoms with Crippen LogP contribution in [0.3, 0.4) is 0 Å². The van der Waals surface area contributed by atoms with Crippen LogP contribution in [0.15, 0.2) is 0 Å². The lowest BCUT2D eigenvalue weighted by molar-refractivity contribution is 0.0442. The van der Waals surface area contributed by atoms with Crippen LogP contribution in [0.1, 0.15) is 27.2 Å². The largest absolute Gasteiger partial charge is 0.392 e. The third kappa shape index (κ3) is 4.27. The van der Waals surface area contributed by atoms with Crippen LogP contribution in [0.5, 0.6) is 0 Å². The van der Waals surface area contributed by atoms with Crippen LogP contribution >= 0.6 is 0 Å². The number of nitriles is 1. The molecular formula is C13H25N3O. The van der Waals surface area contributed by atoms with Crippen LogP contribution in [0.2, 0.25) is 0 Å². The molecule has 2 atom stereocenters. The highest BCUT2D eigenvalue weighted by Gasteiger charge is 2.24. The second kappa shape index (κ2) is 6.95. The van der Waals surface area contributed by atoms with Gasteiger partial charge in [-0.3, -0.25) is 9.80 Å². The van der Waals surface area contributed by atoms with Crippen molar-refractivity contribution in [2.24, 2.45) is 5.92 Å². The van der Waals surface area contributed by atoms with Crippen molar-refractivity contribution in [3.05, 3.63) is 0 Å². The van der Waals surface area contributed by atoms with Crippen molar-refractivity contribution < 1.29 is 5.11 Å². The Morgan fingerprint density at radius 3 is 2.24 bits per heavy atom. The number of rotatable bonds is 5. The molecule has 1 aliphatic heterocycles. The number of hydrogen-bond donors (Lipinski definition) is 1. The SMILES string of the molecule is CCC(C#N)N1CCN(CC(O)C(C)C)CC1. The van der Waals surface area contributed by atoms with Crippen molar-refractivity contribution >= 4 is 0 Å². The first-order valence-corrected chi connectivity index (χ1v) is 6.62. The molecule has 2 unspecified atom stereocenters. The zero-order valence-corrected chi connectivity index (χ0v) is 11.3. The summed E-state index contributed by atoms with van der Waals surface area (Å²) in [5, 5.41) is 18.9. The number of hydrogen-bond acceptors (Lipinski definition) is 4. The second-order valence-corrected chi connectivity index (χ2v) is 5.20. The molecule has 17 heavy (non-hydrogen) atoms. The Balaban J connectivity index is 2.33. The van der Waals surface area contributed by atoms with Gasteiger partial charge < -0.3 is 5.11 Å². The number of piperazine rings is 1. The molecular weight excluding hydrogens is 214 g/mol. The molecule has 0 saturated carbocycles. The predicted molar refractivity (Wildman–Crippen MR) is 68.5 cm³/mol. The van der Waals surface area contributed by atoms with E-state index in [1.807, 2.05) is 13.8 Å². The monoisotopic (exact) mass is 239 g/mol. The topological polar surface area (TPSA) is 50.5 Å². The van der Waals surface area contributed by atoms with Crippen molar-refractivity contribution in [1.29, 1.82) is 5.26 Å². The summed E-state index contributed by atoms with van der Waals surface area (Å²) in [6.07, 6.45) is 0.657. The van der Waals surface area contributed by atoms with E-state index in [0.29, 0.717) is 5.92 Å². The average molecular weight is 239 g/mol. The highest BCUT2D eigenvalue weighted by atomic mass is 16.3. The van der Waals surface area contributed by atoms with Gasteiger partial charge in [0, 0.05) is 32.7 Å². The summed E-state index contributed by atoms with van der Waals surface area (Å²) in [6, 6.07) is 2.42. The Hall–Kier alpha value is -0.630. The van der Waals surface area contributed by atoms with Crippen molar-refractivity contribution in [3.8, 4) is 6.07 Å². The molecule has 0 spiro atoms. The summed E-state index contributed by atoms with van der Waals surface area (Å²) >= 11 is 0. The Morgan fingerprint density at radius 1 is 1.24 bits per heavy atom. The zero-order valence-electron chi connectivity index (χ0n) is 11.3. The lowest BCUT2D eigenvalue weighted by Crippen LogP contribution is -2.51. The first kappa shape index (κ1) is 14.4. The first-order valence-electron chi connectivity index (χ1n) is 6.62. The molecule has 0 amide bonds. The fraction of sp³-hybridized carbons (Fsp3) is 0.923. The van der Waals surface area contributed by atoms with E-state index in [9.17, 15) is 5.11 Å². The normalized spacial score (nSPS) is 22.4. The van der Waals surface area contributed by atoms with Gasteiger partial charge >= 0.3 is 0 Å². The summed E-state index contributed by atoms with van der Waals surface area (Å²) in [6.45, 7) is 10.7. The van der Waals surface area contributed by atoms with Gasteiger partial charge in [-0.1, -0.05) is 20.8 Å². The molecule has 1 rings (SSSR count). The molecule has 0 aliphatic carbocycles. The lowest BCUT2D eigenvalue weighted by Gasteiger charge is -2.37. The van der Waals surface area contributed by atoms with Crippen LogP contribution in [-0.2, 0) is 0 Å². The van der Waals surface area contributed by atoms with Crippen LogP contribution in [-0.4, -0.2) is 59.8 Å². The number of aliphatic hydroxyl groups is 1. The van der Waals surface area contributed by atoms with Gasteiger partial charge in [0.15, 0.2) is 0 Å². The molecule has 1 aliphatic rings. The molecule has 1 N–H and O–H groups in total. The lowest BCUT2D eigenvalue weighted by atomic mass is 10.1. The standard InChI is InChI=1S/C13H25N3O/c1-4-12(9-14)16-7-5-15(6-8-16)10-13(17)11(2)3/h11-13,17H,4-8,10H2,1-3H3. The maximum Gasteiger partial charge on any atom is 0.0976 e. The smallest absolute Gasteiger partial charge is 0.0976 e. The van der Waals surface area contributed by atoms with E-state index in [1.54, 1.807) is 0 Å². The Morgan fingerprint density at radius 2 is 1.82 bits per heavy atom. The third-order valence-electron chi connectivity index (χ3n) is 3.60. The van der Waals surface area contributed by atoms with Gasteiger partial charge in [0.2, 0.25) is 0 Å². The molecule has 4 heteroatoms. The van der Waals surface area contributed by atoms with Crippen molar-refractivity contribution in [1.82, 2.24) is 9.80 Å². The highest BCUT2D eigenvalue weighted by molar-refractivity contribution is 4.92. The van der Waals surface area contributed by atoms with E-state index in [1.165, 1.54) is 0 Å². The molecule has 0 aromatic carbocycles. The molecule has 0 bridgehead atoms. The fourth-order valence-electron chi connectivity index (χ4n) is 2.16. The number of aliphatic hydroxyl groups excluding tert-OH is 1. The molecule has 0 aromatic rings.